The molecule has 2 aromatic rings. The lowest BCUT2D eigenvalue weighted by atomic mass is 10.2. The minimum atomic E-state index is 0.617. The molecule has 0 bridgehead atoms. The average Bonchev–Trinajstić information content (AvgIpc) is 2.82. The van der Waals surface area contributed by atoms with Crippen LogP contribution >= 0.6 is 11.6 Å². The maximum atomic E-state index is 5.98. The molecule has 2 rings (SSSR count). The van der Waals surface area contributed by atoms with Crippen molar-refractivity contribution in [2.45, 2.75) is 6.54 Å². The van der Waals surface area contributed by atoms with Crippen molar-refractivity contribution in [2.24, 2.45) is 0 Å². The number of H-pyrrole nitrogens is 1. The van der Waals surface area contributed by atoms with Gasteiger partial charge in [0.15, 0.2) is 0 Å². The van der Waals surface area contributed by atoms with Crippen molar-refractivity contribution >= 4 is 17.3 Å². The van der Waals surface area contributed by atoms with Crippen LogP contribution in [0.4, 0.5) is 5.69 Å². The summed E-state index contributed by atoms with van der Waals surface area (Å²) >= 11 is 5.98. The number of hydrogen-bond donors (Lipinski definition) is 1. The van der Waals surface area contributed by atoms with Crippen LogP contribution in [0, 0.1) is 0 Å². The van der Waals surface area contributed by atoms with Crippen LogP contribution < -0.4 is 9.64 Å². The van der Waals surface area contributed by atoms with Crippen molar-refractivity contribution in [3.63, 3.8) is 0 Å². The molecule has 1 heterocycles. The number of imidazole rings is 1. The Kier molecular flexibility index (Phi) is 3.54. The van der Waals surface area contributed by atoms with Gasteiger partial charge in [-0.3, -0.25) is 0 Å². The summed E-state index contributed by atoms with van der Waals surface area (Å²) in [4.78, 5) is 9.15. The van der Waals surface area contributed by atoms with Crippen molar-refractivity contribution < 1.29 is 4.74 Å². The van der Waals surface area contributed by atoms with Crippen molar-refractivity contribution in [3.05, 3.63) is 41.4 Å². The summed E-state index contributed by atoms with van der Waals surface area (Å²) in [5.74, 6) is 0.681. The molecule has 1 aromatic carbocycles. The number of aromatic nitrogens is 2. The number of benzene rings is 1. The molecule has 4 nitrogen and oxygen atoms in total. The first-order chi connectivity index (χ1) is 8.20. The van der Waals surface area contributed by atoms with Gasteiger partial charge in [0, 0.05) is 25.0 Å². The first kappa shape index (κ1) is 11.8. The summed E-state index contributed by atoms with van der Waals surface area (Å²) in [6.07, 6.45) is 3.48. The van der Waals surface area contributed by atoms with E-state index in [1.165, 1.54) is 0 Å². The van der Waals surface area contributed by atoms with Gasteiger partial charge in [-0.15, -0.1) is 0 Å². The zero-order valence-corrected chi connectivity index (χ0v) is 10.5. The molecule has 0 amide bonds. The minimum absolute atomic E-state index is 0.617. The number of ether oxygens (including phenoxy) is 1. The fourth-order valence-corrected chi connectivity index (χ4v) is 1.80. The summed E-state index contributed by atoms with van der Waals surface area (Å²) in [6, 6.07) is 5.71. The third kappa shape index (κ3) is 2.71. The van der Waals surface area contributed by atoms with Crippen LogP contribution in [0.2, 0.25) is 5.02 Å². The van der Waals surface area contributed by atoms with Crippen LogP contribution in [-0.2, 0) is 6.54 Å². The molecule has 5 heteroatoms. The van der Waals surface area contributed by atoms with Crippen LogP contribution in [0.15, 0.2) is 30.7 Å². The zero-order valence-electron chi connectivity index (χ0n) is 9.77. The highest BCUT2D eigenvalue weighted by Gasteiger charge is 2.07. The van der Waals surface area contributed by atoms with Gasteiger partial charge in [-0.1, -0.05) is 11.6 Å². The second kappa shape index (κ2) is 5.10. The average molecular weight is 252 g/mol. The van der Waals surface area contributed by atoms with Crippen LogP contribution in [0.25, 0.3) is 0 Å². The van der Waals surface area contributed by atoms with Gasteiger partial charge in [-0.2, -0.15) is 0 Å². The Morgan fingerprint density at radius 1 is 1.47 bits per heavy atom. The van der Waals surface area contributed by atoms with Gasteiger partial charge in [0.05, 0.1) is 30.7 Å². The van der Waals surface area contributed by atoms with Crippen LogP contribution in [0.3, 0.4) is 0 Å². The zero-order chi connectivity index (χ0) is 12.3. The second-order valence-electron chi connectivity index (χ2n) is 3.75. The Morgan fingerprint density at radius 2 is 2.29 bits per heavy atom. The summed E-state index contributed by atoms with van der Waals surface area (Å²) in [6.45, 7) is 0.755. The molecular weight excluding hydrogens is 238 g/mol. The number of anilines is 1. The van der Waals surface area contributed by atoms with Crippen LogP contribution in [0.1, 0.15) is 5.69 Å². The molecule has 0 unspecified atom stereocenters. The van der Waals surface area contributed by atoms with Crippen LogP contribution in [-0.4, -0.2) is 24.1 Å². The van der Waals surface area contributed by atoms with E-state index in [1.54, 1.807) is 13.4 Å². The number of aromatic amines is 1. The standard InChI is InChI=1S/C12H14ClN3O/c1-16(7-9-6-14-8-15-9)10-3-4-11(13)12(5-10)17-2/h3-6,8H,7H2,1-2H3,(H,14,15). The van der Waals surface area contributed by atoms with Gasteiger partial charge in [0.25, 0.3) is 0 Å². The van der Waals surface area contributed by atoms with E-state index in [-0.39, 0.29) is 0 Å². The lowest BCUT2D eigenvalue weighted by Crippen LogP contribution is -2.16. The Hall–Kier alpha value is -1.68. The maximum absolute atomic E-state index is 5.98. The van der Waals surface area contributed by atoms with Gasteiger partial charge in [-0.05, 0) is 12.1 Å². The number of nitrogens with one attached hydrogen (secondary N) is 1. The third-order valence-corrected chi connectivity index (χ3v) is 2.85. The lowest BCUT2D eigenvalue weighted by Gasteiger charge is -2.19. The Balaban J connectivity index is 2.16. The first-order valence-electron chi connectivity index (χ1n) is 5.22. The van der Waals surface area contributed by atoms with E-state index in [0.717, 1.165) is 17.9 Å². The van der Waals surface area contributed by atoms with Gasteiger partial charge in [0.1, 0.15) is 5.75 Å². The number of halogens is 1. The molecule has 0 aliphatic rings. The molecule has 0 atom stereocenters. The molecule has 0 aliphatic carbocycles. The summed E-state index contributed by atoms with van der Waals surface area (Å²) in [5, 5.41) is 0.617. The highest BCUT2D eigenvalue weighted by Crippen LogP contribution is 2.29. The molecule has 17 heavy (non-hydrogen) atoms. The predicted molar refractivity (Wildman–Crippen MR) is 68.7 cm³/mol. The minimum Gasteiger partial charge on any atom is -0.495 e. The molecule has 0 spiro atoms. The first-order valence-corrected chi connectivity index (χ1v) is 5.60. The topological polar surface area (TPSA) is 41.1 Å². The van der Waals surface area contributed by atoms with E-state index < -0.39 is 0 Å². The number of methoxy groups -OCH3 is 1. The predicted octanol–water partition coefficient (Wildman–Crippen LogP) is 2.71. The molecule has 0 radical (unpaired) electrons. The molecule has 0 saturated carbocycles. The Labute approximate surface area is 105 Å². The summed E-state index contributed by atoms with van der Waals surface area (Å²) in [5.41, 5.74) is 2.10. The highest BCUT2D eigenvalue weighted by atomic mass is 35.5. The quantitative estimate of drug-likeness (QED) is 0.908. The van der Waals surface area contributed by atoms with Gasteiger partial charge in [0.2, 0.25) is 0 Å². The Bertz CT molecular complexity index is 485. The summed E-state index contributed by atoms with van der Waals surface area (Å²) in [7, 11) is 3.61. The largest absolute Gasteiger partial charge is 0.495 e. The van der Waals surface area contributed by atoms with Crippen molar-refractivity contribution in [1.29, 1.82) is 0 Å². The molecule has 0 saturated heterocycles. The molecule has 1 N–H and O–H groups in total. The number of rotatable bonds is 4. The Morgan fingerprint density at radius 3 is 2.94 bits per heavy atom. The van der Waals surface area contributed by atoms with Crippen molar-refractivity contribution in [1.82, 2.24) is 9.97 Å². The maximum Gasteiger partial charge on any atom is 0.139 e. The molecule has 1 aromatic heterocycles. The monoisotopic (exact) mass is 251 g/mol. The molecule has 0 fully saturated rings. The van der Waals surface area contributed by atoms with Gasteiger partial charge < -0.3 is 14.6 Å². The molecular formula is C12H14ClN3O. The second-order valence-corrected chi connectivity index (χ2v) is 4.16. The third-order valence-electron chi connectivity index (χ3n) is 2.54. The van der Waals surface area contributed by atoms with Crippen molar-refractivity contribution in [3.8, 4) is 5.75 Å². The van der Waals surface area contributed by atoms with Crippen molar-refractivity contribution in [2.75, 3.05) is 19.1 Å². The highest BCUT2D eigenvalue weighted by molar-refractivity contribution is 6.32. The fourth-order valence-electron chi connectivity index (χ4n) is 1.60. The smallest absolute Gasteiger partial charge is 0.139 e. The fraction of sp³-hybridized carbons (Fsp3) is 0.250. The van der Waals surface area contributed by atoms with E-state index in [2.05, 4.69) is 14.9 Å². The normalized spacial score (nSPS) is 10.3. The van der Waals surface area contributed by atoms with Crippen LogP contribution in [0.5, 0.6) is 5.75 Å². The van der Waals surface area contributed by atoms with Gasteiger partial charge >= 0.3 is 0 Å². The van der Waals surface area contributed by atoms with E-state index in [4.69, 9.17) is 16.3 Å². The number of nitrogens with zero attached hydrogens (tertiary/aromatic N) is 2. The van der Waals surface area contributed by atoms with E-state index in [9.17, 15) is 0 Å². The summed E-state index contributed by atoms with van der Waals surface area (Å²) < 4.78 is 5.19. The number of hydrogen-bond acceptors (Lipinski definition) is 3. The molecule has 90 valence electrons. The van der Waals surface area contributed by atoms with E-state index in [0.29, 0.717) is 10.8 Å². The van der Waals surface area contributed by atoms with E-state index >= 15 is 0 Å². The lowest BCUT2D eigenvalue weighted by molar-refractivity contribution is 0.415. The SMILES string of the molecule is COc1cc(N(C)Cc2cnc[nH]2)ccc1Cl. The molecule has 0 aliphatic heterocycles. The van der Waals surface area contributed by atoms with Gasteiger partial charge in [-0.25, -0.2) is 4.98 Å². The van der Waals surface area contributed by atoms with E-state index in [1.807, 2.05) is 31.4 Å².